The number of carboxylic acids is 1. The van der Waals surface area contributed by atoms with Crippen LogP contribution in [0.4, 0.5) is 0 Å². The minimum atomic E-state index is -1.96. The van der Waals surface area contributed by atoms with Gasteiger partial charge in [0, 0.05) is 5.56 Å². The standard InChI is InChI=1S/C14H19NO4/c1-3-4-10-5-7-11(8-6-10)12(16)15-9-14(2,19)13(17)18/h5-8,19H,3-4,9H2,1-2H3,(H,15,16)(H,17,18). The van der Waals surface area contributed by atoms with Crippen molar-refractivity contribution < 1.29 is 19.8 Å². The molecule has 0 aliphatic carbocycles. The molecular formula is C14H19NO4. The van der Waals surface area contributed by atoms with E-state index in [-0.39, 0.29) is 6.54 Å². The fourth-order valence-corrected chi connectivity index (χ4v) is 1.54. The predicted octanol–water partition coefficient (Wildman–Crippen LogP) is 1.20. The van der Waals surface area contributed by atoms with E-state index in [0.717, 1.165) is 25.3 Å². The number of rotatable bonds is 6. The molecule has 0 saturated carbocycles. The second-order valence-corrected chi connectivity index (χ2v) is 4.71. The number of carboxylic acid groups (broad SMARTS) is 1. The van der Waals surface area contributed by atoms with Crippen LogP contribution >= 0.6 is 0 Å². The van der Waals surface area contributed by atoms with Gasteiger partial charge in [-0.25, -0.2) is 4.79 Å². The molecule has 0 radical (unpaired) electrons. The molecule has 0 aromatic heterocycles. The highest BCUT2D eigenvalue weighted by Crippen LogP contribution is 2.07. The van der Waals surface area contributed by atoms with Crippen LogP contribution in [0.1, 0.15) is 36.2 Å². The average Bonchev–Trinajstić information content (AvgIpc) is 2.37. The highest BCUT2D eigenvalue weighted by atomic mass is 16.4. The van der Waals surface area contributed by atoms with Gasteiger partial charge in [0.25, 0.3) is 5.91 Å². The molecular weight excluding hydrogens is 246 g/mol. The van der Waals surface area contributed by atoms with Gasteiger partial charge >= 0.3 is 5.97 Å². The van der Waals surface area contributed by atoms with E-state index in [2.05, 4.69) is 12.2 Å². The van der Waals surface area contributed by atoms with Gasteiger partial charge in [-0.3, -0.25) is 4.79 Å². The van der Waals surface area contributed by atoms with Crippen molar-refractivity contribution in [2.24, 2.45) is 0 Å². The van der Waals surface area contributed by atoms with Gasteiger partial charge in [0.1, 0.15) is 0 Å². The summed E-state index contributed by atoms with van der Waals surface area (Å²) in [5.41, 5.74) is -0.365. The molecule has 5 nitrogen and oxygen atoms in total. The number of benzene rings is 1. The maximum absolute atomic E-state index is 11.8. The fraction of sp³-hybridized carbons (Fsp3) is 0.429. The predicted molar refractivity (Wildman–Crippen MR) is 71.0 cm³/mol. The highest BCUT2D eigenvalue weighted by molar-refractivity contribution is 5.94. The maximum atomic E-state index is 11.8. The van der Waals surface area contributed by atoms with Crippen molar-refractivity contribution in [1.82, 2.24) is 5.32 Å². The van der Waals surface area contributed by atoms with Crippen LogP contribution in [0, 0.1) is 0 Å². The van der Waals surface area contributed by atoms with Crippen LogP contribution in [0.5, 0.6) is 0 Å². The zero-order valence-corrected chi connectivity index (χ0v) is 11.1. The Hall–Kier alpha value is -1.88. The largest absolute Gasteiger partial charge is 0.479 e. The van der Waals surface area contributed by atoms with Gasteiger partial charge in [0.2, 0.25) is 0 Å². The first-order valence-corrected chi connectivity index (χ1v) is 6.19. The van der Waals surface area contributed by atoms with Gasteiger partial charge in [-0.15, -0.1) is 0 Å². The number of amides is 1. The third kappa shape index (κ3) is 4.37. The molecule has 5 heteroatoms. The zero-order chi connectivity index (χ0) is 14.5. The minimum Gasteiger partial charge on any atom is -0.479 e. The number of aliphatic hydroxyl groups is 1. The lowest BCUT2D eigenvalue weighted by Gasteiger charge is -2.18. The molecule has 0 aliphatic rings. The summed E-state index contributed by atoms with van der Waals surface area (Å²) in [6.45, 7) is 2.88. The number of hydrogen-bond donors (Lipinski definition) is 3. The average molecular weight is 265 g/mol. The summed E-state index contributed by atoms with van der Waals surface area (Å²) in [5, 5.41) is 20.6. The van der Waals surface area contributed by atoms with Crippen LogP contribution in [-0.2, 0) is 11.2 Å². The second kappa shape index (κ2) is 6.33. The molecule has 1 aromatic carbocycles. The molecule has 0 saturated heterocycles. The van der Waals surface area contributed by atoms with Gasteiger partial charge in [0.15, 0.2) is 5.60 Å². The Balaban J connectivity index is 2.61. The third-order valence-electron chi connectivity index (χ3n) is 2.81. The van der Waals surface area contributed by atoms with Crippen LogP contribution in [0.25, 0.3) is 0 Å². The van der Waals surface area contributed by atoms with E-state index in [9.17, 15) is 14.7 Å². The molecule has 1 atom stereocenters. The zero-order valence-electron chi connectivity index (χ0n) is 11.1. The number of carbonyl (C=O) groups is 2. The Morgan fingerprint density at radius 2 is 1.84 bits per heavy atom. The first-order valence-electron chi connectivity index (χ1n) is 6.19. The van der Waals surface area contributed by atoms with Crippen molar-refractivity contribution in [3.8, 4) is 0 Å². The minimum absolute atomic E-state index is 0.335. The molecule has 1 aromatic rings. The van der Waals surface area contributed by atoms with Gasteiger partial charge in [-0.1, -0.05) is 25.5 Å². The normalized spacial score (nSPS) is 13.6. The van der Waals surface area contributed by atoms with Crippen LogP contribution in [-0.4, -0.2) is 34.2 Å². The topological polar surface area (TPSA) is 86.6 Å². The van der Waals surface area contributed by atoms with Gasteiger partial charge < -0.3 is 15.5 Å². The third-order valence-corrected chi connectivity index (χ3v) is 2.81. The lowest BCUT2D eigenvalue weighted by molar-refractivity contribution is -0.155. The lowest BCUT2D eigenvalue weighted by Crippen LogP contribution is -2.46. The Bertz CT molecular complexity index is 451. The Kier molecular flexibility index (Phi) is 5.06. The molecule has 0 fully saturated rings. The highest BCUT2D eigenvalue weighted by Gasteiger charge is 2.30. The Morgan fingerprint density at radius 1 is 1.26 bits per heavy atom. The number of aryl methyl sites for hydroxylation is 1. The molecule has 104 valence electrons. The van der Waals surface area contributed by atoms with Crippen molar-refractivity contribution in [1.29, 1.82) is 0 Å². The van der Waals surface area contributed by atoms with Crippen LogP contribution < -0.4 is 5.32 Å². The van der Waals surface area contributed by atoms with E-state index < -0.39 is 17.5 Å². The van der Waals surface area contributed by atoms with E-state index in [1.165, 1.54) is 0 Å². The summed E-state index contributed by atoms with van der Waals surface area (Å²) < 4.78 is 0. The van der Waals surface area contributed by atoms with E-state index in [0.29, 0.717) is 5.56 Å². The second-order valence-electron chi connectivity index (χ2n) is 4.71. The molecule has 3 N–H and O–H groups in total. The van der Waals surface area contributed by atoms with Crippen LogP contribution in [0.15, 0.2) is 24.3 Å². The SMILES string of the molecule is CCCc1ccc(C(=O)NCC(C)(O)C(=O)O)cc1. The van der Waals surface area contributed by atoms with Crippen molar-refractivity contribution in [2.75, 3.05) is 6.54 Å². The van der Waals surface area contributed by atoms with E-state index in [4.69, 9.17) is 5.11 Å². The molecule has 0 bridgehead atoms. The first kappa shape index (κ1) is 15.2. The Morgan fingerprint density at radius 3 is 2.32 bits per heavy atom. The maximum Gasteiger partial charge on any atom is 0.337 e. The molecule has 0 aliphatic heterocycles. The van der Waals surface area contributed by atoms with Gasteiger partial charge in [-0.2, -0.15) is 0 Å². The van der Waals surface area contributed by atoms with E-state index in [1.54, 1.807) is 12.1 Å². The number of nitrogens with one attached hydrogen (secondary N) is 1. The van der Waals surface area contributed by atoms with Crippen LogP contribution in [0.2, 0.25) is 0 Å². The van der Waals surface area contributed by atoms with Crippen molar-refractivity contribution in [3.63, 3.8) is 0 Å². The van der Waals surface area contributed by atoms with E-state index >= 15 is 0 Å². The number of hydrogen-bond acceptors (Lipinski definition) is 3. The molecule has 0 heterocycles. The summed E-state index contributed by atoms with van der Waals surface area (Å²) in [6.07, 6.45) is 1.99. The number of carbonyl (C=O) groups excluding carboxylic acids is 1. The monoisotopic (exact) mass is 265 g/mol. The molecule has 0 spiro atoms. The quantitative estimate of drug-likeness (QED) is 0.721. The summed E-state index contributed by atoms with van der Waals surface area (Å²) >= 11 is 0. The summed E-state index contributed by atoms with van der Waals surface area (Å²) in [6, 6.07) is 7.12. The number of aliphatic carboxylic acids is 1. The summed E-state index contributed by atoms with van der Waals surface area (Å²) in [7, 11) is 0. The van der Waals surface area contributed by atoms with Crippen molar-refractivity contribution in [2.45, 2.75) is 32.3 Å². The van der Waals surface area contributed by atoms with Crippen molar-refractivity contribution >= 4 is 11.9 Å². The van der Waals surface area contributed by atoms with Crippen molar-refractivity contribution in [3.05, 3.63) is 35.4 Å². The molecule has 1 unspecified atom stereocenters. The smallest absolute Gasteiger partial charge is 0.337 e. The lowest BCUT2D eigenvalue weighted by atomic mass is 10.1. The Labute approximate surface area is 112 Å². The fourth-order valence-electron chi connectivity index (χ4n) is 1.54. The summed E-state index contributed by atoms with van der Waals surface area (Å²) in [5.74, 6) is -1.77. The van der Waals surface area contributed by atoms with E-state index in [1.807, 2.05) is 12.1 Å². The van der Waals surface area contributed by atoms with Gasteiger partial charge in [-0.05, 0) is 31.0 Å². The molecule has 1 rings (SSSR count). The summed E-state index contributed by atoms with van der Waals surface area (Å²) in [4.78, 5) is 22.5. The first-order chi connectivity index (χ1) is 8.86. The van der Waals surface area contributed by atoms with Crippen LogP contribution in [0.3, 0.4) is 0 Å². The molecule has 19 heavy (non-hydrogen) atoms. The van der Waals surface area contributed by atoms with Gasteiger partial charge in [0.05, 0.1) is 6.54 Å². The molecule has 1 amide bonds.